The second-order valence-electron chi connectivity index (χ2n) is 6.30. The lowest BCUT2D eigenvalue weighted by atomic mass is 9.83. The van der Waals surface area contributed by atoms with Gasteiger partial charge in [-0.2, -0.15) is 0 Å². The van der Waals surface area contributed by atoms with Gasteiger partial charge in [0, 0.05) is 22.8 Å². The minimum absolute atomic E-state index is 0.104. The fourth-order valence-electron chi connectivity index (χ4n) is 3.26. The van der Waals surface area contributed by atoms with Crippen molar-refractivity contribution in [3.05, 3.63) is 58.7 Å². The number of ether oxygens (including phenoxy) is 1. The molecular weight excluding hydrogens is 278 g/mol. The zero-order chi connectivity index (χ0) is 15.5. The number of hydrogen-bond donors (Lipinski definition) is 0. The van der Waals surface area contributed by atoms with Crippen LogP contribution in [0.4, 0.5) is 5.69 Å². The van der Waals surface area contributed by atoms with Gasteiger partial charge in [0.15, 0.2) is 23.0 Å². The highest BCUT2D eigenvalue weighted by atomic mass is 16.5. The van der Waals surface area contributed by atoms with Crippen molar-refractivity contribution in [3.63, 3.8) is 0 Å². The summed E-state index contributed by atoms with van der Waals surface area (Å²) in [5.74, 6) is 0.345. The monoisotopic (exact) mass is 294 g/mol. The summed E-state index contributed by atoms with van der Waals surface area (Å²) >= 11 is 0. The molecule has 110 valence electrons. The summed E-state index contributed by atoms with van der Waals surface area (Å²) in [6.45, 7) is 1.38. The molecule has 0 fully saturated rings. The van der Waals surface area contributed by atoms with Gasteiger partial charge in [-0.25, -0.2) is 0 Å². The van der Waals surface area contributed by atoms with E-state index in [1.165, 1.54) is 0 Å². The van der Waals surface area contributed by atoms with Crippen molar-refractivity contribution in [1.29, 1.82) is 0 Å². The lowest BCUT2D eigenvalue weighted by Gasteiger charge is -2.36. The Morgan fingerprint density at radius 1 is 0.909 bits per heavy atom. The Hall–Kier alpha value is -2.46. The third-order valence-electron chi connectivity index (χ3n) is 4.57. The predicted molar refractivity (Wildman–Crippen MR) is 83.8 cm³/mol. The first-order chi connectivity index (χ1) is 10.5. The van der Waals surface area contributed by atoms with E-state index < -0.39 is 0 Å². The number of quaternary nitrogens is 1. The molecule has 0 bridgehead atoms. The first kappa shape index (κ1) is 13.2. The van der Waals surface area contributed by atoms with E-state index in [0.29, 0.717) is 39.1 Å². The molecule has 2 aliphatic rings. The summed E-state index contributed by atoms with van der Waals surface area (Å²) in [5, 5.41) is 0. The Balaban J connectivity index is 2.02. The van der Waals surface area contributed by atoms with E-state index in [4.69, 9.17) is 4.74 Å². The van der Waals surface area contributed by atoms with Crippen LogP contribution in [0.5, 0.6) is 5.75 Å². The van der Waals surface area contributed by atoms with Gasteiger partial charge in [-0.1, -0.05) is 24.3 Å². The molecule has 2 aromatic rings. The highest BCUT2D eigenvalue weighted by Gasteiger charge is 2.38. The van der Waals surface area contributed by atoms with E-state index in [-0.39, 0.29) is 11.6 Å². The normalized spacial score (nSPS) is 18.1. The summed E-state index contributed by atoms with van der Waals surface area (Å²) in [5.41, 5.74) is 2.76. The van der Waals surface area contributed by atoms with Crippen molar-refractivity contribution in [2.75, 3.05) is 27.2 Å². The highest BCUT2D eigenvalue weighted by molar-refractivity contribution is 6.29. The molecule has 0 unspecified atom stereocenters. The van der Waals surface area contributed by atoms with E-state index in [0.717, 1.165) is 12.2 Å². The van der Waals surface area contributed by atoms with Crippen molar-refractivity contribution < 1.29 is 14.3 Å². The maximum Gasteiger partial charge on any atom is 0.198 e. The van der Waals surface area contributed by atoms with Crippen molar-refractivity contribution in [2.24, 2.45) is 0 Å². The second-order valence-corrected chi connectivity index (χ2v) is 6.30. The van der Waals surface area contributed by atoms with Gasteiger partial charge < -0.3 is 4.74 Å². The number of hydrogen-bond acceptors (Lipinski definition) is 3. The Morgan fingerprint density at radius 3 is 2.32 bits per heavy atom. The molecular formula is C18H16NO3+. The molecule has 4 heteroatoms. The van der Waals surface area contributed by atoms with Gasteiger partial charge in [0.2, 0.25) is 0 Å². The number of likely N-dealkylation sites (N-methyl/N-ethyl adjacent to an activating group) is 1. The van der Waals surface area contributed by atoms with Crippen molar-refractivity contribution in [2.45, 2.75) is 0 Å². The molecule has 0 N–H and O–H groups in total. The topological polar surface area (TPSA) is 43.4 Å². The maximum absolute atomic E-state index is 12.9. The van der Waals surface area contributed by atoms with Crippen LogP contribution in [0.3, 0.4) is 0 Å². The van der Waals surface area contributed by atoms with Gasteiger partial charge in [0.05, 0.1) is 19.7 Å². The van der Waals surface area contributed by atoms with Gasteiger partial charge in [-0.15, -0.1) is 0 Å². The third kappa shape index (κ3) is 1.61. The molecule has 1 aliphatic heterocycles. The molecule has 0 spiro atoms. The van der Waals surface area contributed by atoms with E-state index in [1.807, 2.05) is 6.07 Å². The van der Waals surface area contributed by atoms with Crippen molar-refractivity contribution >= 4 is 17.3 Å². The van der Waals surface area contributed by atoms with Crippen LogP contribution in [-0.2, 0) is 0 Å². The molecule has 4 rings (SSSR count). The van der Waals surface area contributed by atoms with Crippen LogP contribution in [0.2, 0.25) is 0 Å². The van der Waals surface area contributed by atoms with Gasteiger partial charge >= 0.3 is 0 Å². The molecule has 0 amide bonds. The minimum atomic E-state index is -0.121. The molecule has 0 saturated carbocycles. The fraction of sp³-hybridized carbons (Fsp3) is 0.222. The zero-order valence-electron chi connectivity index (χ0n) is 12.6. The average molecular weight is 294 g/mol. The minimum Gasteiger partial charge on any atom is -0.481 e. The summed E-state index contributed by atoms with van der Waals surface area (Å²) in [6.07, 6.45) is 0. The quantitative estimate of drug-likeness (QED) is 0.598. The van der Waals surface area contributed by atoms with Crippen molar-refractivity contribution in [1.82, 2.24) is 4.48 Å². The molecule has 2 aromatic carbocycles. The number of ketones is 2. The van der Waals surface area contributed by atoms with Gasteiger partial charge in [-0.05, 0) is 6.07 Å². The predicted octanol–water partition coefficient (Wildman–Crippen LogP) is 2.42. The average Bonchev–Trinajstić information content (AvgIpc) is 2.51. The van der Waals surface area contributed by atoms with Crippen LogP contribution >= 0.6 is 0 Å². The first-order valence-electron chi connectivity index (χ1n) is 7.32. The second kappa shape index (κ2) is 4.27. The van der Waals surface area contributed by atoms with Crippen LogP contribution in [0.1, 0.15) is 31.8 Å². The number of nitrogens with zero attached hydrogens (tertiary/aromatic N) is 1. The molecule has 4 nitrogen and oxygen atoms in total. The Morgan fingerprint density at radius 2 is 1.59 bits per heavy atom. The lowest BCUT2D eigenvalue weighted by molar-refractivity contribution is 0.0973. The number of fused-ring (bicyclic) bond motifs is 4. The lowest BCUT2D eigenvalue weighted by Crippen LogP contribution is -2.47. The van der Waals surface area contributed by atoms with E-state index in [9.17, 15) is 9.59 Å². The zero-order valence-corrected chi connectivity index (χ0v) is 12.6. The Kier molecular flexibility index (Phi) is 2.57. The Bertz CT molecular complexity index is 836. The van der Waals surface area contributed by atoms with Crippen LogP contribution < -0.4 is 9.22 Å². The van der Waals surface area contributed by atoms with Crippen LogP contribution in [0, 0.1) is 0 Å². The van der Waals surface area contributed by atoms with Crippen LogP contribution in [0.25, 0.3) is 0 Å². The fourth-order valence-corrected chi connectivity index (χ4v) is 3.26. The molecule has 22 heavy (non-hydrogen) atoms. The summed E-state index contributed by atoms with van der Waals surface area (Å²) in [6, 6.07) is 10.7. The van der Waals surface area contributed by atoms with E-state index in [1.54, 1.807) is 30.3 Å². The largest absolute Gasteiger partial charge is 0.481 e. The van der Waals surface area contributed by atoms with E-state index in [2.05, 4.69) is 14.1 Å². The van der Waals surface area contributed by atoms with Crippen LogP contribution in [0.15, 0.2) is 36.4 Å². The summed E-state index contributed by atoms with van der Waals surface area (Å²) in [4.78, 5) is 25.6. The summed E-state index contributed by atoms with van der Waals surface area (Å²) in [7, 11) is 4.16. The molecule has 0 radical (unpaired) electrons. The molecule has 1 aliphatic carbocycles. The third-order valence-corrected chi connectivity index (χ3v) is 4.57. The number of benzene rings is 2. The maximum atomic E-state index is 12.9. The van der Waals surface area contributed by atoms with Gasteiger partial charge in [0.1, 0.15) is 13.2 Å². The first-order valence-corrected chi connectivity index (χ1v) is 7.32. The highest BCUT2D eigenvalue weighted by Crippen LogP contribution is 2.42. The van der Waals surface area contributed by atoms with Gasteiger partial charge in [-0.3, -0.25) is 14.1 Å². The molecule has 0 saturated heterocycles. The number of rotatable bonds is 0. The van der Waals surface area contributed by atoms with E-state index >= 15 is 0 Å². The smallest absolute Gasteiger partial charge is 0.198 e. The number of carbonyl (C=O) groups excluding carboxylic acids is 2. The van der Waals surface area contributed by atoms with Crippen LogP contribution in [-0.4, -0.2) is 38.8 Å². The number of carbonyl (C=O) groups is 2. The van der Waals surface area contributed by atoms with Crippen molar-refractivity contribution in [3.8, 4) is 5.75 Å². The molecule has 1 heterocycles. The Labute approximate surface area is 128 Å². The molecule has 0 atom stereocenters. The standard InChI is InChI=1S/C18H16NO3/c1-19(2)9-10-22-18-14(19)8-7-13-15(18)17(21)12-6-4-3-5-11(12)16(13)20/h3-8H,9-10H2,1-2H3/q+1. The molecule has 0 aromatic heterocycles. The SMILES string of the molecule is C[N+]1(C)CCOc2c1ccc1c2C(=O)c2ccccc2C1=O. The van der Waals surface area contributed by atoms with Gasteiger partial charge in [0.25, 0.3) is 0 Å². The summed E-state index contributed by atoms with van der Waals surface area (Å²) < 4.78 is 6.45.